The van der Waals surface area contributed by atoms with Crippen molar-refractivity contribution in [2.75, 3.05) is 6.54 Å². The third kappa shape index (κ3) is 1.52. The summed E-state index contributed by atoms with van der Waals surface area (Å²) in [5, 5.41) is 3.70. The molecule has 1 saturated heterocycles. The summed E-state index contributed by atoms with van der Waals surface area (Å²) in [4.78, 5) is 0. The molecule has 0 aromatic rings. The highest BCUT2D eigenvalue weighted by Gasteiger charge is 2.33. The Hall–Kier alpha value is -0.0400. The molecule has 2 atom stereocenters. The van der Waals surface area contributed by atoms with E-state index < -0.39 is 0 Å². The average molecular weight is 167 g/mol. The van der Waals surface area contributed by atoms with E-state index in [1.165, 1.54) is 45.1 Å². The molecule has 1 aliphatic carbocycles. The second-order valence-electron chi connectivity index (χ2n) is 4.48. The number of rotatable bonds is 2. The molecule has 2 fully saturated rings. The minimum absolute atomic E-state index is 0.887. The second-order valence-corrected chi connectivity index (χ2v) is 4.48. The highest BCUT2D eigenvalue weighted by molar-refractivity contribution is 4.89. The van der Waals surface area contributed by atoms with Gasteiger partial charge >= 0.3 is 0 Å². The van der Waals surface area contributed by atoms with Gasteiger partial charge in [-0.25, -0.2) is 0 Å². The van der Waals surface area contributed by atoms with Crippen molar-refractivity contribution in [1.82, 2.24) is 5.32 Å². The number of nitrogens with one attached hydrogen (secondary N) is 1. The summed E-state index contributed by atoms with van der Waals surface area (Å²) in [6.45, 7) is 3.62. The van der Waals surface area contributed by atoms with Gasteiger partial charge in [0, 0.05) is 6.04 Å². The Kier molecular flexibility index (Phi) is 2.69. The van der Waals surface area contributed by atoms with Crippen LogP contribution >= 0.6 is 0 Å². The van der Waals surface area contributed by atoms with E-state index in [-0.39, 0.29) is 0 Å². The zero-order chi connectivity index (χ0) is 8.39. The van der Waals surface area contributed by atoms with Gasteiger partial charge in [-0.2, -0.15) is 0 Å². The molecule has 1 nitrogen and oxygen atoms in total. The predicted octanol–water partition coefficient (Wildman–Crippen LogP) is 2.56. The van der Waals surface area contributed by atoms with E-state index in [0.29, 0.717) is 0 Å². The molecule has 1 aliphatic heterocycles. The molecular formula is C11H21N. The fraction of sp³-hybridized carbons (Fsp3) is 1.00. The van der Waals surface area contributed by atoms with Crippen molar-refractivity contribution in [1.29, 1.82) is 0 Å². The molecule has 1 saturated carbocycles. The lowest BCUT2D eigenvalue weighted by Crippen LogP contribution is -2.33. The van der Waals surface area contributed by atoms with E-state index in [2.05, 4.69) is 12.2 Å². The van der Waals surface area contributed by atoms with E-state index in [1.807, 2.05) is 0 Å². The van der Waals surface area contributed by atoms with Crippen LogP contribution in [0.3, 0.4) is 0 Å². The van der Waals surface area contributed by atoms with Crippen molar-refractivity contribution >= 4 is 0 Å². The van der Waals surface area contributed by atoms with Gasteiger partial charge in [0.05, 0.1) is 0 Å². The summed E-state index contributed by atoms with van der Waals surface area (Å²) in [7, 11) is 0. The minimum atomic E-state index is 0.887. The fourth-order valence-electron chi connectivity index (χ4n) is 3.11. The van der Waals surface area contributed by atoms with Crippen LogP contribution < -0.4 is 5.32 Å². The second kappa shape index (κ2) is 3.78. The SMILES string of the molecule is CCC1CCNC1C1CCCC1. The minimum Gasteiger partial charge on any atom is -0.313 e. The van der Waals surface area contributed by atoms with Crippen LogP contribution in [0, 0.1) is 11.8 Å². The Labute approximate surface area is 75.9 Å². The number of hydrogen-bond acceptors (Lipinski definition) is 1. The van der Waals surface area contributed by atoms with Crippen molar-refractivity contribution in [3.8, 4) is 0 Å². The summed E-state index contributed by atoms with van der Waals surface area (Å²) in [5.74, 6) is 2.02. The molecule has 2 aliphatic rings. The van der Waals surface area contributed by atoms with Crippen LogP contribution in [0.5, 0.6) is 0 Å². The maximum absolute atomic E-state index is 3.70. The third-order valence-electron chi connectivity index (χ3n) is 3.84. The standard InChI is InChI=1S/C11H21N/c1-2-9-7-8-12-11(9)10-5-3-4-6-10/h9-12H,2-8H2,1H3. The van der Waals surface area contributed by atoms with E-state index in [0.717, 1.165) is 17.9 Å². The van der Waals surface area contributed by atoms with Crippen LogP contribution in [0.4, 0.5) is 0 Å². The fourth-order valence-corrected chi connectivity index (χ4v) is 3.11. The molecule has 0 amide bonds. The molecule has 12 heavy (non-hydrogen) atoms. The van der Waals surface area contributed by atoms with Crippen LogP contribution in [-0.2, 0) is 0 Å². The zero-order valence-electron chi connectivity index (χ0n) is 8.18. The lowest BCUT2D eigenvalue weighted by atomic mass is 9.87. The first-order chi connectivity index (χ1) is 5.92. The summed E-state index contributed by atoms with van der Waals surface area (Å²) in [5.41, 5.74) is 0. The highest BCUT2D eigenvalue weighted by Crippen LogP contribution is 2.34. The lowest BCUT2D eigenvalue weighted by Gasteiger charge is -2.24. The Balaban J connectivity index is 1.92. The van der Waals surface area contributed by atoms with Gasteiger partial charge in [0.2, 0.25) is 0 Å². The Morgan fingerprint density at radius 2 is 1.92 bits per heavy atom. The Morgan fingerprint density at radius 1 is 1.17 bits per heavy atom. The van der Waals surface area contributed by atoms with E-state index >= 15 is 0 Å². The molecule has 1 N–H and O–H groups in total. The molecule has 0 bridgehead atoms. The van der Waals surface area contributed by atoms with Gasteiger partial charge in [0.1, 0.15) is 0 Å². The largest absolute Gasteiger partial charge is 0.313 e. The van der Waals surface area contributed by atoms with Gasteiger partial charge in [0.15, 0.2) is 0 Å². The highest BCUT2D eigenvalue weighted by atomic mass is 15.0. The lowest BCUT2D eigenvalue weighted by molar-refractivity contribution is 0.314. The van der Waals surface area contributed by atoms with Crippen LogP contribution in [0.15, 0.2) is 0 Å². The molecule has 0 radical (unpaired) electrons. The van der Waals surface area contributed by atoms with Crippen LogP contribution in [0.25, 0.3) is 0 Å². The van der Waals surface area contributed by atoms with Crippen molar-refractivity contribution < 1.29 is 0 Å². The van der Waals surface area contributed by atoms with Crippen LogP contribution in [0.1, 0.15) is 45.4 Å². The molecule has 1 heteroatoms. The van der Waals surface area contributed by atoms with Crippen molar-refractivity contribution in [2.45, 2.75) is 51.5 Å². The van der Waals surface area contributed by atoms with E-state index in [9.17, 15) is 0 Å². The first-order valence-corrected chi connectivity index (χ1v) is 5.65. The average Bonchev–Trinajstić information content (AvgIpc) is 2.74. The first kappa shape index (κ1) is 8.55. The van der Waals surface area contributed by atoms with Gasteiger partial charge in [-0.15, -0.1) is 0 Å². The molecule has 0 spiro atoms. The van der Waals surface area contributed by atoms with Gasteiger partial charge in [0.25, 0.3) is 0 Å². The summed E-state index contributed by atoms with van der Waals surface area (Å²) >= 11 is 0. The smallest absolute Gasteiger partial charge is 0.0124 e. The Morgan fingerprint density at radius 3 is 2.58 bits per heavy atom. The maximum Gasteiger partial charge on any atom is 0.0124 e. The normalized spacial score (nSPS) is 37.8. The summed E-state index contributed by atoms with van der Waals surface area (Å²) < 4.78 is 0. The summed E-state index contributed by atoms with van der Waals surface area (Å²) in [6.07, 6.45) is 8.77. The van der Waals surface area contributed by atoms with E-state index in [1.54, 1.807) is 0 Å². The number of hydrogen-bond donors (Lipinski definition) is 1. The van der Waals surface area contributed by atoms with Crippen LogP contribution in [0.2, 0.25) is 0 Å². The summed E-state index contributed by atoms with van der Waals surface area (Å²) in [6, 6.07) is 0.887. The molecule has 0 aromatic heterocycles. The monoisotopic (exact) mass is 167 g/mol. The first-order valence-electron chi connectivity index (χ1n) is 5.65. The Bertz CT molecular complexity index is 138. The molecular weight excluding hydrogens is 146 g/mol. The van der Waals surface area contributed by atoms with Gasteiger partial charge in [-0.3, -0.25) is 0 Å². The van der Waals surface area contributed by atoms with Crippen LogP contribution in [-0.4, -0.2) is 12.6 Å². The molecule has 2 unspecified atom stereocenters. The van der Waals surface area contributed by atoms with Crippen molar-refractivity contribution in [3.05, 3.63) is 0 Å². The third-order valence-corrected chi connectivity index (χ3v) is 3.84. The van der Waals surface area contributed by atoms with Gasteiger partial charge < -0.3 is 5.32 Å². The molecule has 2 rings (SSSR count). The predicted molar refractivity (Wildman–Crippen MR) is 52.1 cm³/mol. The molecule has 0 aromatic carbocycles. The quantitative estimate of drug-likeness (QED) is 0.666. The van der Waals surface area contributed by atoms with Gasteiger partial charge in [-0.05, 0) is 37.6 Å². The topological polar surface area (TPSA) is 12.0 Å². The zero-order valence-corrected chi connectivity index (χ0v) is 8.18. The molecule has 1 heterocycles. The van der Waals surface area contributed by atoms with E-state index in [4.69, 9.17) is 0 Å². The molecule has 70 valence electrons. The maximum atomic E-state index is 3.70. The van der Waals surface area contributed by atoms with Crippen molar-refractivity contribution in [3.63, 3.8) is 0 Å². The van der Waals surface area contributed by atoms with Crippen molar-refractivity contribution in [2.24, 2.45) is 11.8 Å². The van der Waals surface area contributed by atoms with Gasteiger partial charge in [-0.1, -0.05) is 26.2 Å².